The molecule has 0 aliphatic carbocycles. The Morgan fingerprint density at radius 3 is 2.15 bits per heavy atom. The topological polar surface area (TPSA) is 78.4 Å². The van der Waals surface area contributed by atoms with Gasteiger partial charge in [0.15, 0.2) is 0 Å². The van der Waals surface area contributed by atoms with Gasteiger partial charge in [0, 0.05) is 54.4 Å². The van der Waals surface area contributed by atoms with Crippen molar-refractivity contribution in [1.82, 2.24) is 0 Å². The molecule has 2 aliphatic heterocycles. The van der Waals surface area contributed by atoms with E-state index in [1.807, 2.05) is 11.8 Å². The van der Waals surface area contributed by atoms with E-state index in [9.17, 15) is 5.11 Å². The van der Waals surface area contributed by atoms with Gasteiger partial charge in [-0.05, 0) is 61.8 Å². The van der Waals surface area contributed by atoms with Gasteiger partial charge in [0.25, 0.3) is 0 Å². The molecule has 0 amide bonds. The van der Waals surface area contributed by atoms with Crippen molar-refractivity contribution in [2.24, 2.45) is 0 Å². The smallest absolute Gasteiger partial charge is 0.117 e. The first-order valence-electron chi connectivity index (χ1n) is 18.4. The number of ether oxygens (including phenoxy) is 5. The fourth-order valence-corrected chi connectivity index (χ4v) is 7.72. The molecule has 0 bridgehead atoms. The van der Waals surface area contributed by atoms with Crippen LogP contribution >= 0.6 is 11.8 Å². The highest BCUT2D eigenvalue weighted by atomic mass is 32.2. The fraction of sp³-hybridized carbons (Fsp3) is 0.692. The molecular formula is C39H61NO6S. The van der Waals surface area contributed by atoms with E-state index in [4.69, 9.17) is 23.7 Å². The van der Waals surface area contributed by atoms with Gasteiger partial charge in [0.1, 0.15) is 30.5 Å². The van der Waals surface area contributed by atoms with Crippen LogP contribution in [0.3, 0.4) is 0 Å². The highest BCUT2D eigenvalue weighted by molar-refractivity contribution is 8.00. The van der Waals surface area contributed by atoms with Gasteiger partial charge in [-0.1, -0.05) is 83.7 Å². The molecule has 4 rings (SSSR count). The quantitative estimate of drug-likeness (QED) is 0.115. The standard InChI is InChI=1S/C39H61NO6S/c1-5-9-21-42-28-34-37(43-22-10-6-2)39(45-24-12-8-4)38(44-23-11-7-3)36(46-34)32-26-29(17-18-33(32)40-19-20-41)25-31-27-30-15-13-14-16-35(30)47-31/h13-18,26,31,34,36-41H,5-12,19-25,27-28H2,1-4H3/t31?,34-,36?,37-,38+,39+/m1/s1. The average molecular weight is 672 g/mol. The van der Waals surface area contributed by atoms with Crippen molar-refractivity contribution in [2.75, 3.05) is 51.5 Å². The number of benzene rings is 2. The Morgan fingerprint density at radius 1 is 0.809 bits per heavy atom. The minimum atomic E-state index is -0.390. The van der Waals surface area contributed by atoms with Crippen molar-refractivity contribution < 1.29 is 28.8 Å². The normalized spacial score (nSPS) is 24.0. The highest BCUT2D eigenvalue weighted by Gasteiger charge is 2.49. The van der Waals surface area contributed by atoms with Crippen molar-refractivity contribution in [3.05, 3.63) is 59.2 Å². The zero-order chi connectivity index (χ0) is 33.3. The molecule has 0 saturated carbocycles. The molecule has 1 fully saturated rings. The van der Waals surface area contributed by atoms with Crippen LogP contribution in [0.4, 0.5) is 5.69 Å². The van der Waals surface area contributed by atoms with Crippen LogP contribution in [0.5, 0.6) is 0 Å². The van der Waals surface area contributed by atoms with E-state index < -0.39 is 0 Å². The number of anilines is 1. The van der Waals surface area contributed by atoms with Gasteiger partial charge < -0.3 is 34.1 Å². The van der Waals surface area contributed by atoms with E-state index in [2.05, 4.69) is 75.5 Å². The van der Waals surface area contributed by atoms with E-state index in [1.54, 1.807) is 0 Å². The second kappa shape index (κ2) is 21.4. The van der Waals surface area contributed by atoms with Crippen molar-refractivity contribution >= 4 is 17.4 Å². The molecule has 2 aromatic rings. The SMILES string of the molecule is CCCCOC[C@H]1OC(c2cc(CC3Cc4ccccc4S3)ccc2NCCO)[C@H](OCCCC)[C@@H](OCCCC)[C@@H]1OCCCC. The predicted octanol–water partition coefficient (Wildman–Crippen LogP) is 8.16. The summed E-state index contributed by atoms with van der Waals surface area (Å²) < 4.78 is 33.5. The number of hydrogen-bond donors (Lipinski definition) is 2. The summed E-state index contributed by atoms with van der Waals surface area (Å²) in [4.78, 5) is 1.39. The molecule has 6 atom stereocenters. The molecule has 7 nitrogen and oxygen atoms in total. The summed E-state index contributed by atoms with van der Waals surface area (Å²) in [7, 11) is 0. The Kier molecular flexibility index (Phi) is 17.4. The number of nitrogens with one attached hydrogen (secondary N) is 1. The van der Waals surface area contributed by atoms with Gasteiger partial charge in [-0.15, -0.1) is 11.8 Å². The Labute approximate surface area is 288 Å². The van der Waals surface area contributed by atoms with Crippen LogP contribution in [0.15, 0.2) is 47.4 Å². The first-order valence-corrected chi connectivity index (χ1v) is 19.3. The minimum Gasteiger partial charge on any atom is -0.395 e. The number of aliphatic hydroxyl groups excluding tert-OH is 1. The van der Waals surface area contributed by atoms with Crippen LogP contribution in [-0.2, 0) is 36.5 Å². The van der Waals surface area contributed by atoms with Crippen LogP contribution in [-0.4, -0.2) is 81.0 Å². The van der Waals surface area contributed by atoms with Crippen LogP contribution < -0.4 is 5.32 Å². The van der Waals surface area contributed by atoms with E-state index in [1.165, 1.54) is 16.0 Å². The van der Waals surface area contributed by atoms with Crippen LogP contribution in [0.1, 0.15) is 102 Å². The molecule has 2 heterocycles. The number of unbranched alkanes of at least 4 members (excludes halogenated alkanes) is 4. The molecule has 8 heteroatoms. The first-order chi connectivity index (χ1) is 23.1. The molecule has 0 radical (unpaired) electrons. The van der Waals surface area contributed by atoms with E-state index in [0.717, 1.165) is 75.5 Å². The lowest BCUT2D eigenvalue weighted by atomic mass is 9.88. The maximum atomic E-state index is 9.76. The summed E-state index contributed by atoms with van der Waals surface area (Å²) >= 11 is 1.98. The molecule has 47 heavy (non-hydrogen) atoms. The molecule has 2 aromatic carbocycles. The fourth-order valence-electron chi connectivity index (χ4n) is 6.37. The number of hydrogen-bond acceptors (Lipinski definition) is 8. The largest absolute Gasteiger partial charge is 0.395 e. The summed E-state index contributed by atoms with van der Waals surface area (Å²) in [6.07, 6.45) is 8.55. The number of fused-ring (bicyclic) bond motifs is 1. The third-order valence-corrected chi connectivity index (χ3v) is 10.3. The molecule has 0 spiro atoms. The van der Waals surface area contributed by atoms with Gasteiger partial charge in [0.2, 0.25) is 0 Å². The lowest BCUT2D eigenvalue weighted by molar-refractivity contribution is -0.268. The van der Waals surface area contributed by atoms with Crippen LogP contribution in [0.25, 0.3) is 0 Å². The Balaban J connectivity index is 1.70. The summed E-state index contributed by atoms with van der Waals surface area (Å²) in [6.45, 7) is 12.3. The lowest BCUT2D eigenvalue weighted by Crippen LogP contribution is -2.58. The Hall–Kier alpha value is -1.65. The third kappa shape index (κ3) is 11.4. The van der Waals surface area contributed by atoms with Crippen LogP contribution in [0.2, 0.25) is 0 Å². The molecule has 0 aromatic heterocycles. The monoisotopic (exact) mass is 671 g/mol. The van der Waals surface area contributed by atoms with Gasteiger partial charge in [0.05, 0.1) is 13.2 Å². The molecule has 264 valence electrons. The molecule has 1 saturated heterocycles. The predicted molar refractivity (Wildman–Crippen MR) is 193 cm³/mol. The average Bonchev–Trinajstić information content (AvgIpc) is 3.50. The molecule has 2 N–H and O–H groups in total. The minimum absolute atomic E-state index is 0.0457. The van der Waals surface area contributed by atoms with Gasteiger partial charge >= 0.3 is 0 Å². The summed E-state index contributed by atoms with van der Waals surface area (Å²) in [5, 5.41) is 13.7. The Bertz CT molecular complexity index is 1130. The molecule has 2 unspecified atom stereocenters. The molecular weight excluding hydrogens is 610 g/mol. The van der Waals surface area contributed by atoms with Gasteiger partial charge in [-0.3, -0.25) is 0 Å². The first kappa shape index (κ1) is 38.2. The summed E-state index contributed by atoms with van der Waals surface area (Å²) in [5.41, 5.74) is 4.72. The number of rotatable bonds is 23. The Morgan fingerprint density at radius 2 is 1.47 bits per heavy atom. The zero-order valence-electron chi connectivity index (χ0n) is 29.4. The highest BCUT2D eigenvalue weighted by Crippen LogP contribution is 2.42. The lowest BCUT2D eigenvalue weighted by Gasteiger charge is -2.47. The number of thioether (sulfide) groups is 1. The van der Waals surface area contributed by atoms with Crippen molar-refractivity contribution in [3.63, 3.8) is 0 Å². The second-order valence-electron chi connectivity index (χ2n) is 12.9. The third-order valence-electron chi connectivity index (χ3n) is 9.01. The zero-order valence-corrected chi connectivity index (χ0v) is 30.2. The maximum absolute atomic E-state index is 9.76. The van der Waals surface area contributed by atoms with Crippen molar-refractivity contribution in [2.45, 2.75) is 133 Å². The second-order valence-corrected chi connectivity index (χ2v) is 14.3. The summed E-state index contributed by atoms with van der Waals surface area (Å²) in [6, 6.07) is 15.4. The maximum Gasteiger partial charge on any atom is 0.117 e. The molecule has 2 aliphatic rings. The number of aliphatic hydroxyl groups is 1. The van der Waals surface area contributed by atoms with Crippen LogP contribution in [0, 0.1) is 0 Å². The van der Waals surface area contributed by atoms with E-state index in [-0.39, 0.29) is 37.1 Å². The van der Waals surface area contributed by atoms with E-state index >= 15 is 0 Å². The van der Waals surface area contributed by atoms with Gasteiger partial charge in [-0.25, -0.2) is 0 Å². The van der Waals surface area contributed by atoms with Gasteiger partial charge in [-0.2, -0.15) is 0 Å². The van der Waals surface area contributed by atoms with Crippen molar-refractivity contribution in [3.8, 4) is 0 Å². The van der Waals surface area contributed by atoms with E-state index in [0.29, 0.717) is 44.8 Å². The van der Waals surface area contributed by atoms with Crippen molar-refractivity contribution in [1.29, 1.82) is 0 Å². The summed E-state index contributed by atoms with van der Waals surface area (Å²) in [5.74, 6) is 0.